The maximum atomic E-state index is 12.0. The molecule has 0 aliphatic carbocycles. The van der Waals surface area contributed by atoms with Crippen LogP contribution >= 0.6 is 11.3 Å². The van der Waals surface area contributed by atoms with Gasteiger partial charge in [0.2, 0.25) is 0 Å². The number of nitrogens with one attached hydrogen (secondary N) is 1. The van der Waals surface area contributed by atoms with Crippen molar-refractivity contribution in [2.75, 3.05) is 0 Å². The van der Waals surface area contributed by atoms with Gasteiger partial charge in [-0.2, -0.15) is 11.3 Å². The number of pyridine rings is 1. The van der Waals surface area contributed by atoms with E-state index in [1.807, 2.05) is 41.8 Å². The number of aromatic nitrogens is 1. The maximum Gasteiger partial charge on any atom is 0.251 e. The van der Waals surface area contributed by atoms with Gasteiger partial charge in [0.25, 0.3) is 5.91 Å². The van der Waals surface area contributed by atoms with Crippen LogP contribution in [0.2, 0.25) is 0 Å². The monoisotopic (exact) mass is 294 g/mol. The molecule has 21 heavy (non-hydrogen) atoms. The van der Waals surface area contributed by atoms with E-state index in [0.29, 0.717) is 12.1 Å². The molecule has 4 heteroatoms. The van der Waals surface area contributed by atoms with Crippen molar-refractivity contribution in [2.45, 2.75) is 6.54 Å². The van der Waals surface area contributed by atoms with Gasteiger partial charge in [0.05, 0.1) is 5.69 Å². The van der Waals surface area contributed by atoms with Crippen LogP contribution in [-0.2, 0) is 6.54 Å². The molecule has 3 nitrogen and oxygen atoms in total. The zero-order valence-electron chi connectivity index (χ0n) is 11.3. The number of carbonyl (C=O) groups excluding carboxylic acids is 1. The second-order valence-corrected chi connectivity index (χ2v) is 5.39. The molecule has 0 atom stereocenters. The largest absolute Gasteiger partial charge is 0.348 e. The van der Waals surface area contributed by atoms with Crippen molar-refractivity contribution in [3.05, 3.63) is 76.6 Å². The van der Waals surface area contributed by atoms with E-state index in [9.17, 15) is 4.79 Å². The Morgan fingerprint density at radius 3 is 2.76 bits per heavy atom. The summed E-state index contributed by atoms with van der Waals surface area (Å²) >= 11 is 1.65. The van der Waals surface area contributed by atoms with Gasteiger partial charge in [0, 0.05) is 29.2 Å². The molecule has 3 aromatic rings. The minimum atomic E-state index is -0.0653. The highest BCUT2D eigenvalue weighted by molar-refractivity contribution is 7.08. The van der Waals surface area contributed by atoms with Gasteiger partial charge >= 0.3 is 0 Å². The Hall–Kier alpha value is -2.46. The highest BCUT2D eigenvalue weighted by Crippen LogP contribution is 2.20. The number of carbonyl (C=O) groups is 1. The van der Waals surface area contributed by atoms with Crippen LogP contribution in [0.15, 0.2) is 65.5 Å². The van der Waals surface area contributed by atoms with E-state index in [4.69, 9.17) is 0 Å². The quantitative estimate of drug-likeness (QED) is 0.796. The highest BCUT2D eigenvalue weighted by atomic mass is 32.1. The van der Waals surface area contributed by atoms with Crippen molar-refractivity contribution >= 4 is 17.2 Å². The first-order valence-corrected chi connectivity index (χ1v) is 7.58. The lowest BCUT2D eigenvalue weighted by Crippen LogP contribution is -2.22. The lowest BCUT2D eigenvalue weighted by Gasteiger charge is -2.06. The summed E-state index contributed by atoms with van der Waals surface area (Å²) in [5, 5.41) is 7.02. The number of hydrogen-bond donors (Lipinski definition) is 1. The number of amides is 1. The third-order valence-electron chi connectivity index (χ3n) is 3.13. The Kier molecular flexibility index (Phi) is 4.07. The van der Waals surface area contributed by atoms with E-state index in [1.165, 1.54) is 0 Å². The molecule has 1 aromatic carbocycles. The van der Waals surface area contributed by atoms with Crippen LogP contribution in [-0.4, -0.2) is 10.9 Å². The van der Waals surface area contributed by atoms with Crippen molar-refractivity contribution in [2.24, 2.45) is 0 Å². The second-order valence-electron chi connectivity index (χ2n) is 4.61. The number of nitrogens with zero attached hydrogens (tertiary/aromatic N) is 1. The zero-order valence-corrected chi connectivity index (χ0v) is 12.1. The van der Waals surface area contributed by atoms with Crippen LogP contribution in [0.5, 0.6) is 0 Å². The summed E-state index contributed by atoms with van der Waals surface area (Å²) in [5.74, 6) is -0.0653. The summed E-state index contributed by atoms with van der Waals surface area (Å²) in [4.78, 5) is 16.4. The molecule has 2 aromatic heterocycles. The molecule has 0 saturated carbocycles. The van der Waals surface area contributed by atoms with Gasteiger partial charge in [0.15, 0.2) is 0 Å². The summed E-state index contributed by atoms with van der Waals surface area (Å²) in [5.41, 5.74) is 3.75. The van der Waals surface area contributed by atoms with Gasteiger partial charge in [-0.25, -0.2) is 0 Å². The highest BCUT2D eigenvalue weighted by Gasteiger charge is 2.05. The van der Waals surface area contributed by atoms with Crippen LogP contribution in [0, 0.1) is 0 Å². The first-order valence-electron chi connectivity index (χ1n) is 6.64. The predicted molar refractivity (Wildman–Crippen MR) is 85.2 cm³/mol. The molecule has 104 valence electrons. The molecule has 0 bridgehead atoms. The molecule has 3 rings (SSSR count). The smallest absolute Gasteiger partial charge is 0.251 e. The van der Waals surface area contributed by atoms with Gasteiger partial charge in [-0.15, -0.1) is 0 Å². The topological polar surface area (TPSA) is 42.0 Å². The molecule has 0 aliphatic heterocycles. The van der Waals surface area contributed by atoms with Crippen molar-refractivity contribution in [3.8, 4) is 11.3 Å². The Morgan fingerprint density at radius 2 is 2.00 bits per heavy atom. The first kappa shape index (κ1) is 13.5. The van der Waals surface area contributed by atoms with Gasteiger partial charge in [-0.05, 0) is 41.3 Å². The molecular weight excluding hydrogens is 280 g/mol. The standard InChI is InChI=1S/C17H14N2OS/c20-17(14-4-2-1-3-5-14)19-11-13-6-8-18-16(10-13)15-7-9-21-12-15/h1-10,12H,11H2,(H,19,20). The number of thiophene rings is 1. The molecule has 0 unspecified atom stereocenters. The molecule has 2 heterocycles. The summed E-state index contributed by atoms with van der Waals surface area (Å²) in [7, 11) is 0. The van der Waals surface area contributed by atoms with Crippen molar-refractivity contribution in [1.29, 1.82) is 0 Å². The molecule has 0 aliphatic rings. The third kappa shape index (κ3) is 3.35. The van der Waals surface area contributed by atoms with Crippen LogP contribution in [0.1, 0.15) is 15.9 Å². The molecule has 0 fully saturated rings. The Morgan fingerprint density at radius 1 is 1.14 bits per heavy atom. The van der Waals surface area contributed by atoms with Gasteiger partial charge < -0.3 is 5.32 Å². The number of rotatable bonds is 4. The fourth-order valence-corrected chi connectivity index (χ4v) is 2.68. The Bertz CT molecular complexity index is 724. The lowest BCUT2D eigenvalue weighted by atomic mass is 10.1. The summed E-state index contributed by atoms with van der Waals surface area (Å²) in [6.45, 7) is 0.493. The summed E-state index contributed by atoms with van der Waals surface area (Å²) in [6, 6.07) is 15.2. The van der Waals surface area contributed by atoms with Crippen LogP contribution in [0.3, 0.4) is 0 Å². The van der Waals surface area contributed by atoms with Gasteiger partial charge in [0.1, 0.15) is 0 Å². The first-order chi connectivity index (χ1) is 10.3. The van der Waals surface area contributed by atoms with Crippen molar-refractivity contribution in [3.63, 3.8) is 0 Å². The molecule has 1 amide bonds. The van der Waals surface area contributed by atoms with E-state index < -0.39 is 0 Å². The average Bonchev–Trinajstić information content (AvgIpc) is 3.08. The SMILES string of the molecule is O=C(NCc1ccnc(-c2ccsc2)c1)c1ccccc1. The Balaban J connectivity index is 1.69. The third-order valence-corrected chi connectivity index (χ3v) is 3.81. The van der Waals surface area contributed by atoms with E-state index in [-0.39, 0.29) is 5.91 Å². The average molecular weight is 294 g/mol. The number of benzene rings is 1. The van der Waals surface area contributed by atoms with E-state index >= 15 is 0 Å². The normalized spacial score (nSPS) is 10.3. The molecule has 0 spiro atoms. The van der Waals surface area contributed by atoms with E-state index in [0.717, 1.165) is 16.8 Å². The predicted octanol–water partition coefficient (Wildman–Crippen LogP) is 3.74. The van der Waals surface area contributed by atoms with Gasteiger partial charge in [-0.1, -0.05) is 18.2 Å². The fourth-order valence-electron chi connectivity index (χ4n) is 2.03. The van der Waals surface area contributed by atoms with Crippen LogP contribution in [0.4, 0.5) is 0 Å². The second kappa shape index (κ2) is 6.33. The number of hydrogen-bond acceptors (Lipinski definition) is 3. The van der Waals surface area contributed by atoms with Crippen LogP contribution < -0.4 is 5.32 Å². The van der Waals surface area contributed by atoms with Gasteiger partial charge in [-0.3, -0.25) is 9.78 Å². The fraction of sp³-hybridized carbons (Fsp3) is 0.0588. The minimum Gasteiger partial charge on any atom is -0.348 e. The van der Waals surface area contributed by atoms with E-state index in [1.54, 1.807) is 29.7 Å². The summed E-state index contributed by atoms with van der Waals surface area (Å²) in [6.07, 6.45) is 1.77. The molecule has 1 N–H and O–H groups in total. The van der Waals surface area contributed by atoms with Crippen molar-refractivity contribution in [1.82, 2.24) is 10.3 Å². The van der Waals surface area contributed by atoms with Crippen molar-refractivity contribution < 1.29 is 4.79 Å². The molecule has 0 saturated heterocycles. The van der Waals surface area contributed by atoms with E-state index in [2.05, 4.69) is 15.7 Å². The zero-order chi connectivity index (χ0) is 14.5. The summed E-state index contributed by atoms with van der Waals surface area (Å²) < 4.78 is 0. The Labute approximate surface area is 127 Å². The lowest BCUT2D eigenvalue weighted by molar-refractivity contribution is 0.0951. The minimum absolute atomic E-state index is 0.0653. The maximum absolute atomic E-state index is 12.0. The van der Waals surface area contributed by atoms with Crippen LogP contribution in [0.25, 0.3) is 11.3 Å². The molecule has 0 radical (unpaired) electrons. The molecular formula is C17H14N2OS.